The molecule has 26 heavy (non-hydrogen) atoms. The van der Waals surface area contributed by atoms with Gasteiger partial charge in [-0.3, -0.25) is 0 Å². The average Bonchev–Trinajstić information content (AvgIpc) is 2.95. The number of aliphatic hydroxyl groups is 1. The largest absolute Gasteiger partial charge is 0.508 e. The summed E-state index contributed by atoms with van der Waals surface area (Å²) in [7, 11) is 0. The van der Waals surface area contributed by atoms with Gasteiger partial charge in [0, 0.05) is 0 Å². The second kappa shape index (κ2) is 5.85. The van der Waals surface area contributed by atoms with Crippen LogP contribution in [0.3, 0.4) is 0 Å². The Morgan fingerprint density at radius 2 is 1.85 bits per heavy atom. The fourth-order valence-corrected chi connectivity index (χ4v) is 6.76. The van der Waals surface area contributed by atoms with Gasteiger partial charge in [-0.15, -0.1) is 0 Å². The SMILES string of the molecule is C[C@@]12C[C@H](O)C[C@H]1[C@@H]1CCc3cc(O)ccc3[C@H]1[C@@H](c1ccccc1)C2. The molecule has 0 bridgehead atoms. The number of hydrogen-bond acceptors (Lipinski definition) is 2. The van der Waals surface area contributed by atoms with Crippen molar-refractivity contribution >= 4 is 0 Å². The third-order valence-electron chi connectivity index (χ3n) is 7.68. The standard InChI is InChI=1S/C24H28O2/c1-24-13-18(26)12-22(24)20-9-7-16-11-17(25)8-10-19(16)23(20)21(14-24)15-5-3-2-4-6-15/h2-6,8,10-11,18,20-23,25-26H,7,9,12-14H2,1H3/t18-,20+,21-,22+,23-,24+/m1/s1. The van der Waals surface area contributed by atoms with Gasteiger partial charge >= 0.3 is 0 Å². The minimum Gasteiger partial charge on any atom is -0.508 e. The summed E-state index contributed by atoms with van der Waals surface area (Å²) in [5, 5.41) is 20.4. The maximum absolute atomic E-state index is 10.5. The molecular weight excluding hydrogens is 320 g/mol. The Hall–Kier alpha value is -1.80. The molecule has 2 aromatic rings. The zero-order chi connectivity index (χ0) is 17.9. The molecule has 2 aromatic carbocycles. The van der Waals surface area contributed by atoms with E-state index < -0.39 is 0 Å². The number of aromatic hydroxyl groups is 1. The number of benzene rings is 2. The second-order valence-electron chi connectivity index (χ2n) is 9.19. The molecule has 136 valence electrons. The number of aryl methyl sites for hydroxylation is 1. The molecule has 0 aromatic heterocycles. The van der Waals surface area contributed by atoms with E-state index in [1.54, 1.807) is 0 Å². The van der Waals surface area contributed by atoms with Crippen molar-refractivity contribution in [3.05, 3.63) is 65.2 Å². The van der Waals surface area contributed by atoms with Crippen LogP contribution in [0.1, 0.15) is 61.1 Å². The normalized spacial score (nSPS) is 38.3. The second-order valence-corrected chi connectivity index (χ2v) is 9.19. The first-order valence-corrected chi connectivity index (χ1v) is 10.1. The highest BCUT2D eigenvalue weighted by molar-refractivity contribution is 5.43. The van der Waals surface area contributed by atoms with Crippen molar-refractivity contribution < 1.29 is 10.2 Å². The molecule has 2 saturated carbocycles. The van der Waals surface area contributed by atoms with E-state index in [-0.39, 0.29) is 11.5 Å². The van der Waals surface area contributed by atoms with Gasteiger partial charge in [0.25, 0.3) is 0 Å². The fourth-order valence-electron chi connectivity index (χ4n) is 6.76. The molecule has 0 heterocycles. The number of fused-ring (bicyclic) bond motifs is 5. The lowest BCUT2D eigenvalue weighted by Gasteiger charge is -2.53. The van der Waals surface area contributed by atoms with Gasteiger partial charge in [-0.2, -0.15) is 0 Å². The van der Waals surface area contributed by atoms with Crippen molar-refractivity contribution in [3.63, 3.8) is 0 Å². The fraction of sp³-hybridized carbons (Fsp3) is 0.500. The molecule has 0 radical (unpaired) electrons. The minimum atomic E-state index is -0.138. The molecule has 2 heteroatoms. The van der Waals surface area contributed by atoms with Gasteiger partial charge in [0.15, 0.2) is 0 Å². The quantitative estimate of drug-likeness (QED) is 0.761. The Bertz CT molecular complexity index is 814. The van der Waals surface area contributed by atoms with Crippen molar-refractivity contribution in [2.45, 2.75) is 57.0 Å². The van der Waals surface area contributed by atoms with Gasteiger partial charge in [-0.25, -0.2) is 0 Å². The smallest absolute Gasteiger partial charge is 0.115 e. The van der Waals surface area contributed by atoms with Crippen molar-refractivity contribution in [3.8, 4) is 5.75 Å². The predicted octanol–water partition coefficient (Wildman–Crippen LogP) is 5.00. The average molecular weight is 348 g/mol. The lowest BCUT2D eigenvalue weighted by molar-refractivity contribution is 0.0429. The van der Waals surface area contributed by atoms with Gasteiger partial charge in [-0.1, -0.05) is 43.3 Å². The summed E-state index contributed by atoms with van der Waals surface area (Å²) in [5.41, 5.74) is 4.45. The zero-order valence-corrected chi connectivity index (χ0v) is 15.4. The van der Waals surface area contributed by atoms with Crippen LogP contribution >= 0.6 is 0 Å². The molecule has 2 N–H and O–H groups in total. The summed E-state index contributed by atoms with van der Waals surface area (Å²) in [6, 6.07) is 17.0. The van der Waals surface area contributed by atoms with Gasteiger partial charge in [0.05, 0.1) is 6.10 Å². The third kappa shape index (κ3) is 2.42. The Balaban J connectivity index is 1.65. The molecule has 5 rings (SSSR count). The molecule has 0 aliphatic heterocycles. The van der Waals surface area contributed by atoms with Gasteiger partial charge in [-0.05, 0) is 90.0 Å². The van der Waals surface area contributed by atoms with Crippen molar-refractivity contribution in [2.24, 2.45) is 17.3 Å². The van der Waals surface area contributed by atoms with Crippen LogP contribution in [0.4, 0.5) is 0 Å². The van der Waals surface area contributed by atoms with E-state index in [0.29, 0.717) is 29.4 Å². The summed E-state index contributed by atoms with van der Waals surface area (Å²) in [5.74, 6) is 2.63. The molecule has 3 aliphatic rings. The van der Waals surface area contributed by atoms with Crippen LogP contribution in [-0.4, -0.2) is 16.3 Å². The number of phenolic OH excluding ortho intramolecular Hbond substituents is 1. The lowest BCUT2D eigenvalue weighted by Crippen LogP contribution is -2.43. The van der Waals surface area contributed by atoms with Crippen LogP contribution in [0.15, 0.2) is 48.5 Å². The van der Waals surface area contributed by atoms with E-state index >= 15 is 0 Å². The van der Waals surface area contributed by atoms with E-state index in [4.69, 9.17) is 0 Å². The summed E-state index contributed by atoms with van der Waals surface area (Å²) in [6.45, 7) is 2.42. The first-order valence-electron chi connectivity index (χ1n) is 10.1. The Morgan fingerprint density at radius 3 is 2.65 bits per heavy atom. The Morgan fingerprint density at radius 1 is 1.04 bits per heavy atom. The lowest BCUT2D eigenvalue weighted by atomic mass is 9.51. The van der Waals surface area contributed by atoms with Crippen molar-refractivity contribution in [2.75, 3.05) is 0 Å². The van der Waals surface area contributed by atoms with E-state index in [1.165, 1.54) is 23.1 Å². The molecule has 6 atom stereocenters. The van der Waals surface area contributed by atoms with E-state index in [2.05, 4.69) is 43.3 Å². The molecule has 0 unspecified atom stereocenters. The number of hydrogen-bond donors (Lipinski definition) is 2. The van der Waals surface area contributed by atoms with Crippen LogP contribution in [0.2, 0.25) is 0 Å². The molecule has 2 fully saturated rings. The summed E-state index contributed by atoms with van der Waals surface area (Å²) < 4.78 is 0. The van der Waals surface area contributed by atoms with Crippen LogP contribution in [0.25, 0.3) is 0 Å². The summed E-state index contributed by atoms with van der Waals surface area (Å²) >= 11 is 0. The topological polar surface area (TPSA) is 40.5 Å². The molecule has 2 nitrogen and oxygen atoms in total. The van der Waals surface area contributed by atoms with Crippen molar-refractivity contribution in [1.82, 2.24) is 0 Å². The van der Waals surface area contributed by atoms with Crippen LogP contribution < -0.4 is 0 Å². The monoisotopic (exact) mass is 348 g/mol. The van der Waals surface area contributed by atoms with Crippen molar-refractivity contribution in [1.29, 1.82) is 0 Å². The molecule has 3 aliphatic carbocycles. The van der Waals surface area contributed by atoms with E-state index in [1.807, 2.05) is 12.1 Å². The minimum absolute atomic E-state index is 0.138. The van der Waals surface area contributed by atoms with Gasteiger partial charge in [0.1, 0.15) is 5.75 Å². The summed E-state index contributed by atoms with van der Waals surface area (Å²) in [4.78, 5) is 0. The maximum Gasteiger partial charge on any atom is 0.115 e. The predicted molar refractivity (Wildman–Crippen MR) is 103 cm³/mol. The Labute approximate surface area is 155 Å². The molecule has 0 spiro atoms. The molecule has 0 saturated heterocycles. The van der Waals surface area contributed by atoms with Gasteiger partial charge in [0.2, 0.25) is 0 Å². The Kier molecular flexibility index (Phi) is 3.69. The van der Waals surface area contributed by atoms with Gasteiger partial charge < -0.3 is 10.2 Å². The highest BCUT2D eigenvalue weighted by Gasteiger charge is 2.56. The highest BCUT2D eigenvalue weighted by Crippen LogP contribution is 2.65. The number of rotatable bonds is 1. The highest BCUT2D eigenvalue weighted by atomic mass is 16.3. The number of phenols is 1. The van der Waals surface area contributed by atoms with E-state index in [0.717, 1.165) is 25.7 Å². The summed E-state index contributed by atoms with van der Waals surface area (Å²) in [6.07, 6.45) is 5.16. The number of aliphatic hydroxyl groups excluding tert-OH is 1. The zero-order valence-electron chi connectivity index (χ0n) is 15.4. The first-order chi connectivity index (χ1) is 12.5. The first kappa shape index (κ1) is 16.4. The molecule has 0 amide bonds. The van der Waals surface area contributed by atoms with Crippen LogP contribution in [0.5, 0.6) is 5.75 Å². The maximum atomic E-state index is 10.5. The molecular formula is C24H28O2. The van der Waals surface area contributed by atoms with E-state index in [9.17, 15) is 10.2 Å². The van der Waals surface area contributed by atoms with Crippen LogP contribution in [0, 0.1) is 17.3 Å². The van der Waals surface area contributed by atoms with Crippen LogP contribution in [-0.2, 0) is 6.42 Å². The third-order valence-corrected chi connectivity index (χ3v) is 7.68.